The van der Waals surface area contributed by atoms with Gasteiger partial charge < -0.3 is 39.6 Å². The lowest BCUT2D eigenvalue weighted by molar-refractivity contribution is -0.0800. The van der Waals surface area contributed by atoms with Crippen LogP contribution >= 0.6 is 7.82 Å². The molecule has 2 heterocycles. The van der Waals surface area contributed by atoms with Gasteiger partial charge in [0, 0.05) is 25.8 Å². The van der Waals surface area contributed by atoms with Crippen molar-refractivity contribution in [1.29, 1.82) is 0 Å². The number of nitrogens with two attached hydrogens (primary N) is 1. The maximum atomic E-state index is 13.0. The van der Waals surface area contributed by atoms with Gasteiger partial charge in [0.1, 0.15) is 24.6 Å². The molecule has 5 N–H and O–H groups in total. The third-order valence-electron chi connectivity index (χ3n) is 6.05. The molecule has 0 saturated carbocycles. The summed E-state index contributed by atoms with van der Waals surface area (Å²) in [5.41, 5.74) is 6.29. The van der Waals surface area contributed by atoms with Crippen molar-refractivity contribution in [1.82, 2.24) is 15.5 Å². The Morgan fingerprint density at radius 2 is 1.73 bits per heavy atom. The normalized spacial score (nSPS) is 24.7. The Hall–Kier alpha value is -1.16. The zero-order chi connectivity index (χ0) is 30.3. The van der Waals surface area contributed by atoms with Crippen LogP contribution in [0.4, 0.5) is 4.79 Å². The zero-order valence-corrected chi connectivity index (χ0v) is 26.0. The maximum Gasteiger partial charge on any atom is 0.472 e. The van der Waals surface area contributed by atoms with Crippen LogP contribution in [0.25, 0.3) is 0 Å². The molecule has 5 unspecified atom stereocenters. The van der Waals surface area contributed by atoms with Crippen LogP contribution in [0.1, 0.15) is 53.9 Å². The molecular weight excluding hydrogens is 559 g/mol. The van der Waals surface area contributed by atoms with Crippen molar-refractivity contribution in [2.24, 2.45) is 5.73 Å². The molecule has 41 heavy (non-hydrogen) atoms. The Bertz CT molecular complexity index is 834. The number of urea groups is 1. The van der Waals surface area contributed by atoms with Gasteiger partial charge in [0.2, 0.25) is 0 Å². The number of ether oxygens (including phenoxy) is 5. The summed E-state index contributed by atoms with van der Waals surface area (Å²) in [6, 6.07) is -0.353. The first kappa shape index (κ1) is 36.0. The van der Waals surface area contributed by atoms with E-state index in [1.807, 2.05) is 20.8 Å². The van der Waals surface area contributed by atoms with Gasteiger partial charge in [-0.25, -0.2) is 9.36 Å². The molecule has 15 heteroatoms. The fourth-order valence-corrected chi connectivity index (χ4v) is 5.27. The lowest BCUT2D eigenvalue weighted by Gasteiger charge is -2.34. The van der Waals surface area contributed by atoms with Gasteiger partial charge in [-0.15, -0.1) is 0 Å². The molecule has 0 spiro atoms. The minimum Gasteiger partial charge on any atom is -0.379 e. The molecule has 2 aliphatic heterocycles. The summed E-state index contributed by atoms with van der Waals surface area (Å²) in [5, 5.41) is 6.25. The topological polar surface area (TPSA) is 172 Å². The lowest BCUT2D eigenvalue weighted by atomic mass is 10.1. The number of nitrogens with one attached hydrogen (secondary N) is 2. The number of carbonyl (C=O) groups excluding carboxylic acids is 1. The molecule has 0 aromatic heterocycles. The summed E-state index contributed by atoms with van der Waals surface area (Å²) < 4.78 is 51.1. The third kappa shape index (κ3) is 14.2. The van der Waals surface area contributed by atoms with Crippen molar-refractivity contribution >= 4 is 13.9 Å². The Kier molecular flexibility index (Phi) is 16.9. The first-order chi connectivity index (χ1) is 19.5. The second-order valence-corrected chi connectivity index (χ2v) is 11.8. The van der Waals surface area contributed by atoms with Gasteiger partial charge in [0.15, 0.2) is 0 Å². The van der Waals surface area contributed by atoms with Gasteiger partial charge in [-0.3, -0.25) is 19.3 Å². The van der Waals surface area contributed by atoms with Crippen molar-refractivity contribution in [3.63, 3.8) is 0 Å². The van der Waals surface area contributed by atoms with E-state index in [4.69, 9.17) is 38.5 Å². The smallest absolute Gasteiger partial charge is 0.379 e. The maximum absolute atomic E-state index is 13.0. The molecule has 14 nitrogen and oxygen atoms in total. The van der Waals surface area contributed by atoms with Crippen molar-refractivity contribution in [2.45, 2.75) is 90.7 Å². The van der Waals surface area contributed by atoms with Gasteiger partial charge >= 0.3 is 13.9 Å². The summed E-state index contributed by atoms with van der Waals surface area (Å²) in [7, 11) is -4.33. The van der Waals surface area contributed by atoms with Gasteiger partial charge in [-0.05, 0) is 66.1 Å². The quantitative estimate of drug-likeness (QED) is 0.104. The van der Waals surface area contributed by atoms with E-state index >= 15 is 0 Å². The molecule has 0 aromatic carbocycles. The predicted octanol–water partition coefficient (Wildman–Crippen LogP) is 2.07. The Labute approximate surface area is 244 Å². The number of phosphoric acid groups is 1. The van der Waals surface area contributed by atoms with Crippen LogP contribution < -0.4 is 16.4 Å². The van der Waals surface area contributed by atoms with E-state index < -0.39 is 32.4 Å². The van der Waals surface area contributed by atoms with E-state index in [0.29, 0.717) is 52.7 Å². The van der Waals surface area contributed by atoms with Crippen LogP contribution in [0.3, 0.4) is 0 Å². The van der Waals surface area contributed by atoms with E-state index in [2.05, 4.69) is 10.6 Å². The first-order valence-corrected chi connectivity index (χ1v) is 15.9. The third-order valence-corrected chi connectivity index (χ3v) is 7.27. The SMILES string of the molecule is CC1=CN(C2CC(OP(=O)(O)OC(C)C)C(COC(C)C)O2)C(=O)NC1NCCCOCCOCCOCCCN. The van der Waals surface area contributed by atoms with E-state index in [1.54, 1.807) is 20.0 Å². The molecule has 0 aliphatic carbocycles. The number of nitrogens with zero attached hydrogens (tertiary/aromatic N) is 1. The minimum absolute atomic E-state index is 0.0751. The number of amides is 2. The first-order valence-electron chi connectivity index (χ1n) is 14.4. The largest absolute Gasteiger partial charge is 0.472 e. The molecular formula is C26H51N4O10P. The number of hydrogen-bond acceptors (Lipinski definition) is 11. The van der Waals surface area contributed by atoms with Crippen LogP contribution in [0, 0.1) is 0 Å². The average Bonchev–Trinajstić information content (AvgIpc) is 3.27. The standard InChI is InChI=1S/C26H51N4O10P/c1-19(2)37-18-23-22(40-41(32,33)39-20(3)4)16-24(38-23)30-17-21(5)25(29-26(30)31)28-9-7-11-35-13-15-36-14-12-34-10-6-8-27/h17,19-20,22-25,28H,6-16,18,27H2,1-5H3,(H,29,31)(H,32,33). The number of phosphoric ester groups is 1. The number of rotatable bonds is 22. The van der Waals surface area contributed by atoms with Gasteiger partial charge in [-0.1, -0.05) is 0 Å². The van der Waals surface area contributed by atoms with Gasteiger partial charge in [-0.2, -0.15) is 0 Å². The second-order valence-electron chi connectivity index (χ2n) is 10.5. The van der Waals surface area contributed by atoms with E-state index in [0.717, 1.165) is 18.4 Å². The van der Waals surface area contributed by atoms with Crippen LogP contribution in [0.15, 0.2) is 11.8 Å². The molecule has 0 aromatic rings. The highest BCUT2D eigenvalue weighted by Crippen LogP contribution is 2.48. The van der Waals surface area contributed by atoms with Crippen molar-refractivity contribution in [3.05, 3.63) is 11.8 Å². The van der Waals surface area contributed by atoms with Crippen LogP contribution in [0.2, 0.25) is 0 Å². The van der Waals surface area contributed by atoms with Crippen LogP contribution in [-0.2, 0) is 37.3 Å². The summed E-state index contributed by atoms with van der Waals surface area (Å²) in [5.74, 6) is 0. The Morgan fingerprint density at radius 3 is 2.34 bits per heavy atom. The summed E-state index contributed by atoms with van der Waals surface area (Å²) >= 11 is 0. The molecule has 1 fully saturated rings. The monoisotopic (exact) mass is 610 g/mol. The Morgan fingerprint density at radius 1 is 1.10 bits per heavy atom. The number of hydrogen-bond donors (Lipinski definition) is 4. The molecule has 0 bridgehead atoms. The highest BCUT2D eigenvalue weighted by atomic mass is 31.2. The highest BCUT2D eigenvalue weighted by Gasteiger charge is 2.45. The van der Waals surface area contributed by atoms with Gasteiger partial charge in [0.05, 0.1) is 45.2 Å². The molecule has 2 amide bonds. The van der Waals surface area contributed by atoms with E-state index in [-0.39, 0.29) is 31.3 Å². The fraction of sp³-hybridized carbons (Fsp3) is 0.885. The van der Waals surface area contributed by atoms with Crippen molar-refractivity contribution < 1.29 is 47.0 Å². The molecule has 0 radical (unpaired) electrons. The average molecular weight is 611 g/mol. The number of carbonyl (C=O) groups is 1. The van der Waals surface area contributed by atoms with Crippen molar-refractivity contribution in [2.75, 3.05) is 59.3 Å². The zero-order valence-electron chi connectivity index (χ0n) is 25.1. The molecule has 2 rings (SSSR count). The van der Waals surface area contributed by atoms with Crippen LogP contribution in [-0.4, -0.2) is 112 Å². The Balaban J connectivity index is 1.76. The highest BCUT2D eigenvalue weighted by molar-refractivity contribution is 7.47. The molecule has 1 saturated heterocycles. The molecule has 240 valence electrons. The molecule has 2 aliphatic rings. The van der Waals surface area contributed by atoms with E-state index in [9.17, 15) is 14.3 Å². The van der Waals surface area contributed by atoms with Gasteiger partial charge in [0.25, 0.3) is 0 Å². The van der Waals surface area contributed by atoms with E-state index in [1.165, 1.54) is 4.90 Å². The van der Waals surface area contributed by atoms with Crippen molar-refractivity contribution in [3.8, 4) is 0 Å². The van der Waals surface area contributed by atoms with Crippen LogP contribution in [0.5, 0.6) is 0 Å². The second kappa shape index (κ2) is 19.2. The summed E-state index contributed by atoms with van der Waals surface area (Å²) in [6.07, 6.45) is 0.427. The molecule has 5 atom stereocenters. The summed E-state index contributed by atoms with van der Waals surface area (Å²) in [4.78, 5) is 24.6. The fourth-order valence-electron chi connectivity index (χ4n) is 4.12. The summed E-state index contributed by atoms with van der Waals surface area (Å²) in [6.45, 7) is 13.6. The predicted molar refractivity (Wildman–Crippen MR) is 152 cm³/mol. The lowest BCUT2D eigenvalue weighted by Crippen LogP contribution is -2.56. The minimum atomic E-state index is -4.33.